The van der Waals surface area contributed by atoms with Crippen molar-refractivity contribution in [3.8, 4) is 0 Å². The van der Waals surface area contributed by atoms with Crippen molar-refractivity contribution >= 4 is 17.9 Å². The molecule has 8 heteroatoms. The SMILES string of the molecule is CCCCCCCC/C=C\CCCCCCCCCCCC(=O)OC(COCCC(C(=O)[O-])[N+](C)(C)C)COC(=O)CCCCCCCCC/C=C\CCCCCCCC. The highest BCUT2D eigenvalue weighted by Crippen LogP contribution is 2.15. The maximum absolute atomic E-state index is 12.8. The Morgan fingerprint density at radius 1 is 0.483 bits per heavy atom. The molecule has 0 N–H and O–H groups in total. The Morgan fingerprint density at radius 3 is 1.20 bits per heavy atom. The van der Waals surface area contributed by atoms with E-state index in [2.05, 4.69) is 38.2 Å². The average molecular weight is 848 g/mol. The third kappa shape index (κ3) is 41.2. The van der Waals surface area contributed by atoms with E-state index in [0.29, 0.717) is 12.8 Å². The van der Waals surface area contributed by atoms with Crippen LogP contribution in [-0.2, 0) is 28.6 Å². The van der Waals surface area contributed by atoms with Crippen LogP contribution in [0.15, 0.2) is 24.3 Å². The molecule has 0 aromatic rings. The van der Waals surface area contributed by atoms with E-state index in [0.717, 1.165) is 38.5 Å². The highest BCUT2D eigenvalue weighted by molar-refractivity contribution is 5.70. The van der Waals surface area contributed by atoms with Gasteiger partial charge in [-0.15, -0.1) is 0 Å². The summed E-state index contributed by atoms with van der Waals surface area (Å²) >= 11 is 0. The molecule has 0 amide bonds. The molecule has 60 heavy (non-hydrogen) atoms. The molecule has 352 valence electrons. The molecular formula is C52H97NO7. The highest BCUT2D eigenvalue weighted by atomic mass is 16.6. The van der Waals surface area contributed by atoms with Crippen molar-refractivity contribution in [2.45, 2.75) is 251 Å². The van der Waals surface area contributed by atoms with Crippen molar-refractivity contribution in [1.29, 1.82) is 0 Å². The molecule has 0 saturated heterocycles. The van der Waals surface area contributed by atoms with E-state index in [1.54, 1.807) is 21.1 Å². The van der Waals surface area contributed by atoms with Gasteiger partial charge < -0.3 is 28.6 Å². The lowest BCUT2D eigenvalue weighted by molar-refractivity contribution is -0.889. The number of unbranched alkanes of at least 4 members (excludes halogenated alkanes) is 28. The molecule has 0 spiro atoms. The number of carbonyl (C=O) groups is 3. The van der Waals surface area contributed by atoms with Gasteiger partial charge in [0.25, 0.3) is 0 Å². The number of ether oxygens (including phenoxy) is 3. The number of hydrogen-bond donors (Lipinski definition) is 0. The Kier molecular flexibility index (Phi) is 41.9. The third-order valence-electron chi connectivity index (χ3n) is 11.6. The van der Waals surface area contributed by atoms with Gasteiger partial charge in [0.1, 0.15) is 12.6 Å². The number of rotatable bonds is 46. The smallest absolute Gasteiger partial charge is 0.306 e. The van der Waals surface area contributed by atoms with Crippen LogP contribution >= 0.6 is 0 Å². The lowest BCUT2D eigenvalue weighted by Gasteiger charge is -2.34. The molecule has 0 heterocycles. The Balaban J connectivity index is 4.25. The molecule has 0 aliphatic carbocycles. The number of likely N-dealkylation sites (N-methyl/N-ethyl adjacent to an activating group) is 1. The molecule has 0 aromatic heterocycles. The first-order chi connectivity index (χ1) is 29.1. The Hall–Kier alpha value is -2.19. The fourth-order valence-electron chi connectivity index (χ4n) is 7.59. The Labute approximate surface area is 371 Å². The summed E-state index contributed by atoms with van der Waals surface area (Å²) < 4.78 is 17.2. The quantitative estimate of drug-likeness (QED) is 0.0260. The molecule has 2 unspecified atom stereocenters. The van der Waals surface area contributed by atoms with Gasteiger partial charge in [-0.1, -0.05) is 179 Å². The summed E-state index contributed by atoms with van der Waals surface area (Å²) in [5.41, 5.74) is 0. The molecular weight excluding hydrogens is 751 g/mol. The van der Waals surface area contributed by atoms with Crippen molar-refractivity contribution in [2.75, 3.05) is 41.0 Å². The fraction of sp³-hybridized carbons (Fsp3) is 0.865. The number of hydrogen-bond acceptors (Lipinski definition) is 7. The normalized spacial score (nSPS) is 13.0. The van der Waals surface area contributed by atoms with Gasteiger partial charge in [-0.2, -0.15) is 0 Å². The summed E-state index contributed by atoms with van der Waals surface area (Å²) in [6.45, 7) is 4.68. The first-order valence-corrected chi connectivity index (χ1v) is 25.4. The average Bonchev–Trinajstić information content (AvgIpc) is 3.21. The van der Waals surface area contributed by atoms with Crippen LogP contribution in [0.25, 0.3) is 0 Å². The van der Waals surface area contributed by atoms with E-state index < -0.39 is 18.1 Å². The highest BCUT2D eigenvalue weighted by Gasteiger charge is 2.25. The monoisotopic (exact) mass is 848 g/mol. The molecule has 0 aromatic carbocycles. The number of carbonyl (C=O) groups excluding carboxylic acids is 3. The van der Waals surface area contributed by atoms with Gasteiger partial charge in [-0.3, -0.25) is 9.59 Å². The molecule has 8 nitrogen and oxygen atoms in total. The Bertz CT molecular complexity index is 1040. The number of quaternary nitrogens is 1. The first-order valence-electron chi connectivity index (χ1n) is 25.4. The first kappa shape index (κ1) is 57.8. The van der Waals surface area contributed by atoms with Crippen molar-refractivity contribution < 1.29 is 38.2 Å². The minimum atomic E-state index is -1.12. The fourth-order valence-corrected chi connectivity index (χ4v) is 7.59. The molecule has 2 atom stereocenters. The number of aliphatic carboxylic acids is 1. The van der Waals surface area contributed by atoms with E-state index >= 15 is 0 Å². The van der Waals surface area contributed by atoms with Crippen LogP contribution in [-0.4, -0.2) is 75.5 Å². The summed E-state index contributed by atoms with van der Waals surface area (Å²) in [5, 5.41) is 11.7. The lowest BCUT2D eigenvalue weighted by Crippen LogP contribution is -2.55. The van der Waals surface area contributed by atoms with E-state index in [-0.39, 0.29) is 42.7 Å². The lowest BCUT2D eigenvalue weighted by atomic mass is 10.1. The number of esters is 2. The van der Waals surface area contributed by atoms with Gasteiger partial charge in [0.2, 0.25) is 0 Å². The zero-order valence-electron chi connectivity index (χ0n) is 40.1. The molecule has 0 radical (unpaired) electrons. The number of carboxylic acid groups (broad SMARTS) is 1. The van der Waals surface area contributed by atoms with Crippen LogP contribution in [0.5, 0.6) is 0 Å². The maximum atomic E-state index is 12.8. The van der Waals surface area contributed by atoms with Gasteiger partial charge in [0.05, 0.1) is 40.3 Å². The van der Waals surface area contributed by atoms with Gasteiger partial charge in [-0.05, 0) is 64.2 Å². The number of allylic oxidation sites excluding steroid dienone is 4. The minimum absolute atomic E-state index is 0.0420. The summed E-state index contributed by atoms with van der Waals surface area (Å²) in [6.07, 6.45) is 49.1. The molecule has 0 fully saturated rings. The minimum Gasteiger partial charge on any atom is -0.544 e. The number of nitrogens with zero attached hydrogens (tertiary/aromatic N) is 1. The van der Waals surface area contributed by atoms with Crippen LogP contribution < -0.4 is 5.11 Å². The third-order valence-corrected chi connectivity index (χ3v) is 11.6. The van der Waals surface area contributed by atoms with Crippen molar-refractivity contribution in [3.63, 3.8) is 0 Å². The number of carboxylic acids is 1. The van der Waals surface area contributed by atoms with Crippen molar-refractivity contribution in [2.24, 2.45) is 0 Å². The van der Waals surface area contributed by atoms with Crippen LogP contribution in [0.3, 0.4) is 0 Å². The summed E-state index contributed by atoms with van der Waals surface area (Å²) in [7, 11) is 5.42. The van der Waals surface area contributed by atoms with E-state index in [1.165, 1.54) is 167 Å². The standard InChI is InChI=1S/C52H97NO7/c1-6-8-10-12-14-16-18-20-22-24-25-27-29-31-33-35-37-39-41-43-51(55)60-48(46-58-45-44-49(52(56)57)53(3,4)5)47-59-50(54)42-40-38-36-34-32-30-28-26-23-21-19-17-15-13-11-9-7-2/h20-23,48-49H,6-19,24-47H2,1-5H3/b22-20-,23-21-. The van der Waals surface area contributed by atoms with E-state index in [4.69, 9.17) is 14.2 Å². The van der Waals surface area contributed by atoms with Crippen molar-refractivity contribution in [1.82, 2.24) is 0 Å². The zero-order chi connectivity index (χ0) is 44.2. The second-order valence-electron chi connectivity index (χ2n) is 18.4. The van der Waals surface area contributed by atoms with Crippen LogP contribution in [0, 0.1) is 0 Å². The molecule has 0 rings (SSSR count). The van der Waals surface area contributed by atoms with Crippen LogP contribution in [0.4, 0.5) is 0 Å². The van der Waals surface area contributed by atoms with Crippen LogP contribution in [0.1, 0.15) is 239 Å². The van der Waals surface area contributed by atoms with E-state index in [9.17, 15) is 19.5 Å². The summed E-state index contributed by atoms with van der Waals surface area (Å²) in [4.78, 5) is 37.0. The largest absolute Gasteiger partial charge is 0.544 e. The molecule has 0 bridgehead atoms. The molecule has 0 saturated carbocycles. The summed E-state index contributed by atoms with van der Waals surface area (Å²) in [6, 6.07) is -0.725. The van der Waals surface area contributed by atoms with Gasteiger partial charge in [0, 0.05) is 19.3 Å². The van der Waals surface area contributed by atoms with Gasteiger partial charge in [-0.25, -0.2) is 0 Å². The predicted octanol–water partition coefficient (Wildman–Crippen LogP) is 13.1. The van der Waals surface area contributed by atoms with Gasteiger partial charge >= 0.3 is 11.9 Å². The zero-order valence-corrected chi connectivity index (χ0v) is 40.1. The van der Waals surface area contributed by atoms with Crippen molar-refractivity contribution in [3.05, 3.63) is 24.3 Å². The van der Waals surface area contributed by atoms with Crippen LogP contribution in [0.2, 0.25) is 0 Å². The van der Waals surface area contributed by atoms with E-state index in [1.807, 2.05) is 0 Å². The molecule has 0 aliphatic heterocycles. The summed E-state index contributed by atoms with van der Waals surface area (Å²) in [5.74, 6) is -1.73. The predicted molar refractivity (Wildman–Crippen MR) is 250 cm³/mol. The van der Waals surface area contributed by atoms with Gasteiger partial charge in [0.15, 0.2) is 6.10 Å². The maximum Gasteiger partial charge on any atom is 0.306 e. The second-order valence-corrected chi connectivity index (χ2v) is 18.4. The topological polar surface area (TPSA) is 102 Å². The second kappa shape index (κ2) is 43.5. The molecule has 0 aliphatic rings. The Morgan fingerprint density at radius 2 is 0.833 bits per heavy atom.